The topological polar surface area (TPSA) is 84.2 Å². The third kappa shape index (κ3) is 3.86. The number of amides is 2. The molecule has 4 N–H and O–H groups in total. The Bertz CT molecular complexity index is 1370. The lowest BCUT2D eigenvalue weighted by Gasteiger charge is -2.56. The van der Waals surface area contributed by atoms with Gasteiger partial charge in [0.2, 0.25) is 11.8 Å². The molecule has 5 nitrogen and oxygen atoms in total. The quantitative estimate of drug-likeness (QED) is 0.299. The Morgan fingerprint density at radius 1 is 0.750 bits per heavy atom. The van der Waals surface area contributed by atoms with Gasteiger partial charge in [-0.25, -0.2) is 0 Å². The van der Waals surface area contributed by atoms with Gasteiger partial charge in [0.05, 0.1) is 10.8 Å². The Labute approximate surface area is 240 Å². The SMILES string of the molecule is CNc1ccc2c(c1)[C@@]1(C)CCC[C@](C)(C(=O)NC(=O)[C@@]3(C)CCC[C@]4(C)c5cc(N)ccc5CC[C@@H]34)[C@@H]1CC2. The van der Waals surface area contributed by atoms with Crippen LogP contribution in [0, 0.1) is 22.7 Å². The molecule has 2 aromatic rings. The second kappa shape index (κ2) is 9.36. The van der Waals surface area contributed by atoms with Gasteiger partial charge in [-0.1, -0.05) is 52.7 Å². The number of nitrogens with two attached hydrogens (primary N) is 1. The van der Waals surface area contributed by atoms with Gasteiger partial charge in [-0.2, -0.15) is 0 Å². The van der Waals surface area contributed by atoms with Crippen molar-refractivity contribution in [3.05, 3.63) is 58.7 Å². The number of carbonyl (C=O) groups is 2. The summed E-state index contributed by atoms with van der Waals surface area (Å²) in [6.07, 6.45) is 9.64. The summed E-state index contributed by atoms with van der Waals surface area (Å²) < 4.78 is 0. The van der Waals surface area contributed by atoms with E-state index in [-0.39, 0.29) is 34.5 Å². The zero-order chi connectivity index (χ0) is 28.5. The number of benzene rings is 2. The molecule has 2 fully saturated rings. The summed E-state index contributed by atoms with van der Waals surface area (Å²) in [6.45, 7) is 8.95. The summed E-state index contributed by atoms with van der Waals surface area (Å²) in [7, 11) is 1.96. The first-order valence-corrected chi connectivity index (χ1v) is 15.5. The van der Waals surface area contributed by atoms with Crippen molar-refractivity contribution in [3.8, 4) is 0 Å². The minimum Gasteiger partial charge on any atom is -0.399 e. The number of aryl methyl sites for hydroxylation is 2. The third-order valence-electron chi connectivity index (χ3n) is 12.3. The van der Waals surface area contributed by atoms with Crippen LogP contribution >= 0.6 is 0 Å². The summed E-state index contributed by atoms with van der Waals surface area (Å²) in [5, 5.41) is 6.37. The Balaban J connectivity index is 1.28. The second-order valence-electron chi connectivity index (χ2n) is 14.4. The third-order valence-corrected chi connectivity index (χ3v) is 12.3. The van der Waals surface area contributed by atoms with Crippen molar-refractivity contribution < 1.29 is 9.59 Å². The number of rotatable bonds is 3. The van der Waals surface area contributed by atoms with E-state index in [9.17, 15) is 9.59 Å². The van der Waals surface area contributed by atoms with Gasteiger partial charge in [-0.05, 0) is 121 Å². The maximum absolute atomic E-state index is 14.3. The molecule has 2 amide bonds. The number of imide groups is 1. The molecular formula is C35H47N3O2. The molecule has 5 heteroatoms. The smallest absolute Gasteiger partial charge is 0.232 e. The molecular weight excluding hydrogens is 494 g/mol. The van der Waals surface area contributed by atoms with E-state index < -0.39 is 10.8 Å². The highest BCUT2D eigenvalue weighted by Gasteiger charge is 2.58. The van der Waals surface area contributed by atoms with Crippen LogP contribution in [0.4, 0.5) is 11.4 Å². The fourth-order valence-corrected chi connectivity index (χ4v) is 10.0. The molecule has 214 valence electrons. The van der Waals surface area contributed by atoms with Crippen LogP contribution in [0.15, 0.2) is 36.4 Å². The Hall–Kier alpha value is -2.82. The molecule has 0 bridgehead atoms. The molecule has 4 aliphatic rings. The van der Waals surface area contributed by atoms with E-state index in [0.717, 1.165) is 75.6 Å². The van der Waals surface area contributed by atoms with Crippen LogP contribution in [0.1, 0.15) is 101 Å². The number of anilines is 2. The summed E-state index contributed by atoms with van der Waals surface area (Å²) in [5.74, 6) is 0.260. The normalized spacial score (nSPS) is 36.3. The highest BCUT2D eigenvalue weighted by molar-refractivity contribution is 6.00. The van der Waals surface area contributed by atoms with E-state index in [0.29, 0.717) is 0 Å². The predicted octanol–water partition coefficient (Wildman–Crippen LogP) is 6.67. The lowest BCUT2D eigenvalue weighted by atomic mass is 9.49. The molecule has 0 spiro atoms. The first-order chi connectivity index (χ1) is 19.0. The highest BCUT2D eigenvalue weighted by atomic mass is 16.2. The lowest BCUT2D eigenvalue weighted by molar-refractivity contribution is -0.150. The van der Waals surface area contributed by atoms with E-state index in [4.69, 9.17) is 5.73 Å². The van der Waals surface area contributed by atoms with Crippen LogP contribution in [0.5, 0.6) is 0 Å². The molecule has 0 heterocycles. The van der Waals surface area contributed by atoms with Gasteiger partial charge in [0, 0.05) is 18.4 Å². The molecule has 2 aromatic carbocycles. The fourth-order valence-electron chi connectivity index (χ4n) is 10.0. The minimum atomic E-state index is -0.583. The monoisotopic (exact) mass is 541 g/mol. The van der Waals surface area contributed by atoms with Crippen LogP contribution < -0.4 is 16.4 Å². The molecule has 0 saturated heterocycles. The van der Waals surface area contributed by atoms with Crippen LogP contribution in [-0.2, 0) is 33.3 Å². The van der Waals surface area contributed by atoms with Crippen LogP contribution in [0.25, 0.3) is 0 Å². The van der Waals surface area contributed by atoms with Gasteiger partial charge in [-0.3, -0.25) is 14.9 Å². The van der Waals surface area contributed by atoms with Crippen molar-refractivity contribution in [2.24, 2.45) is 22.7 Å². The number of hydrogen-bond donors (Lipinski definition) is 3. The Morgan fingerprint density at radius 2 is 1.25 bits per heavy atom. The molecule has 0 aromatic heterocycles. The Kier molecular flexibility index (Phi) is 6.40. The molecule has 0 unspecified atom stereocenters. The standard InChI is InChI=1S/C35H47N3O2/c1-32-16-6-18-34(3,28(32)14-10-22-8-12-24(36)20-26(22)32)30(39)38-31(40)35(4)19-7-17-33(2)27-21-25(37-5)13-9-23(27)11-15-29(33)35/h8-9,12-13,20-21,28-29,37H,6-7,10-11,14-19,36H2,1-5H3,(H,38,39,40)/t28-,29-,32-,33-,34+,35+/m1/s1. The maximum Gasteiger partial charge on any atom is 0.232 e. The van der Waals surface area contributed by atoms with Crippen molar-refractivity contribution in [2.45, 2.75) is 103 Å². The van der Waals surface area contributed by atoms with Gasteiger partial charge in [0.1, 0.15) is 0 Å². The average Bonchev–Trinajstić information content (AvgIpc) is 2.93. The van der Waals surface area contributed by atoms with Gasteiger partial charge < -0.3 is 11.1 Å². The number of nitrogen functional groups attached to an aromatic ring is 1. The first-order valence-electron chi connectivity index (χ1n) is 15.5. The number of carbonyl (C=O) groups excluding carboxylic acids is 2. The molecule has 6 rings (SSSR count). The van der Waals surface area contributed by atoms with Gasteiger partial charge in [0.25, 0.3) is 0 Å². The summed E-state index contributed by atoms with van der Waals surface area (Å²) in [6, 6.07) is 13.0. The van der Waals surface area contributed by atoms with Crippen molar-refractivity contribution in [1.29, 1.82) is 0 Å². The number of fused-ring (bicyclic) bond motifs is 6. The highest BCUT2D eigenvalue weighted by Crippen LogP contribution is 2.59. The fraction of sp³-hybridized carbons (Fsp3) is 0.600. The molecule has 0 radical (unpaired) electrons. The largest absolute Gasteiger partial charge is 0.399 e. The predicted molar refractivity (Wildman–Crippen MR) is 162 cm³/mol. The van der Waals surface area contributed by atoms with Gasteiger partial charge >= 0.3 is 0 Å². The van der Waals surface area contributed by atoms with E-state index >= 15 is 0 Å². The van der Waals surface area contributed by atoms with Crippen LogP contribution in [0.2, 0.25) is 0 Å². The van der Waals surface area contributed by atoms with Crippen LogP contribution in [-0.4, -0.2) is 18.9 Å². The van der Waals surface area contributed by atoms with E-state index in [1.807, 2.05) is 13.1 Å². The minimum absolute atomic E-state index is 0.0596. The van der Waals surface area contributed by atoms with E-state index in [1.54, 1.807) is 0 Å². The molecule has 0 aliphatic heterocycles. The van der Waals surface area contributed by atoms with E-state index in [2.05, 4.69) is 68.7 Å². The van der Waals surface area contributed by atoms with Crippen molar-refractivity contribution in [3.63, 3.8) is 0 Å². The summed E-state index contributed by atoms with van der Waals surface area (Å²) in [5.41, 5.74) is 12.3. The van der Waals surface area contributed by atoms with Gasteiger partial charge in [0.15, 0.2) is 0 Å². The molecule has 6 atom stereocenters. The van der Waals surface area contributed by atoms with Crippen LogP contribution in [0.3, 0.4) is 0 Å². The maximum atomic E-state index is 14.3. The van der Waals surface area contributed by atoms with Crippen molar-refractivity contribution in [1.82, 2.24) is 5.32 Å². The zero-order valence-electron chi connectivity index (χ0n) is 25.1. The van der Waals surface area contributed by atoms with Crippen molar-refractivity contribution >= 4 is 23.2 Å². The summed E-state index contributed by atoms with van der Waals surface area (Å²) >= 11 is 0. The van der Waals surface area contributed by atoms with E-state index in [1.165, 1.54) is 22.3 Å². The Morgan fingerprint density at radius 3 is 1.77 bits per heavy atom. The average molecular weight is 542 g/mol. The molecule has 2 saturated carbocycles. The number of nitrogens with one attached hydrogen (secondary N) is 2. The second-order valence-corrected chi connectivity index (χ2v) is 14.4. The van der Waals surface area contributed by atoms with Crippen molar-refractivity contribution in [2.75, 3.05) is 18.1 Å². The summed E-state index contributed by atoms with van der Waals surface area (Å²) in [4.78, 5) is 28.5. The zero-order valence-corrected chi connectivity index (χ0v) is 25.1. The lowest BCUT2D eigenvalue weighted by Crippen LogP contribution is -2.60. The number of hydrogen-bond acceptors (Lipinski definition) is 4. The molecule has 4 aliphatic carbocycles. The first kappa shape index (κ1) is 27.4. The van der Waals surface area contributed by atoms with Gasteiger partial charge in [-0.15, -0.1) is 0 Å². The molecule has 40 heavy (non-hydrogen) atoms.